The topological polar surface area (TPSA) is 46.3 Å². The zero-order chi connectivity index (χ0) is 13.0. The molecule has 0 aliphatic heterocycles. The molecule has 1 amide bonds. The number of carbonyl (C=O) groups is 1. The van der Waals surface area contributed by atoms with E-state index in [2.05, 4.69) is 0 Å². The Hall–Kier alpha value is -1.35. The molecule has 0 saturated heterocycles. The Kier molecular flexibility index (Phi) is 4.37. The summed E-state index contributed by atoms with van der Waals surface area (Å²) < 4.78 is 0. The molecular weight excluding hydrogens is 224 g/mol. The van der Waals surface area contributed by atoms with Crippen molar-refractivity contribution in [3.63, 3.8) is 0 Å². The largest absolute Gasteiger partial charge is 0.341 e. The van der Waals surface area contributed by atoms with Crippen LogP contribution < -0.4 is 5.73 Å². The van der Waals surface area contributed by atoms with Gasteiger partial charge in [-0.15, -0.1) is 0 Å². The third-order valence-corrected chi connectivity index (χ3v) is 3.74. The highest BCUT2D eigenvalue weighted by Gasteiger charge is 2.21. The summed E-state index contributed by atoms with van der Waals surface area (Å²) in [6, 6.07) is 7.81. The molecule has 1 aromatic carbocycles. The quantitative estimate of drug-likeness (QED) is 0.864. The van der Waals surface area contributed by atoms with Gasteiger partial charge in [0.15, 0.2) is 0 Å². The molecule has 0 bridgehead atoms. The number of hydrogen-bond donors (Lipinski definition) is 1. The number of nitrogens with two attached hydrogens (primary N) is 1. The molecule has 1 aliphatic carbocycles. The van der Waals surface area contributed by atoms with E-state index in [1.54, 1.807) is 0 Å². The SMILES string of the molecule is CN(CC1CCC1)C(=O)c1ccc(CCN)cc1. The Balaban J connectivity index is 1.94. The van der Waals surface area contributed by atoms with Crippen LogP contribution in [0.4, 0.5) is 0 Å². The molecule has 0 spiro atoms. The molecule has 3 nitrogen and oxygen atoms in total. The summed E-state index contributed by atoms with van der Waals surface area (Å²) in [5, 5.41) is 0. The fourth-order valence-electron chi connectivity index (χ4n) is 2.35. The third kappa shape index (κ3) is 3.10. The predicted octanol–water partition coefficient (Wildman–Crippen LogP) is 2.06. The van der Waals surface area contributed by atoms with E-state index < -0.39 is 0 Å². The molecule has 1 saturated carbocycles. The molecule has 0 radical (unpaired) electrons. The van der Waals surface area contributed by atoms with Crippen molar-refractivity contribution in [2.75, 3.05) is 20.1 Å². The molecule has 0 unspecified atom stereocenters. The van der Waals surface area contributed by atoms with Crippen molar-refractivity contribution in [3.05, 3.63) is 35.4 Å². The minimum Gasteiger partial charge on any atom is -0.341 e. The predicted molar refractivity (Wildman–Crippen MR) is 73.5 cm³/mol. The van der Waals surface area contributed by atoms with Gasteiger partial charge < -0.3 is 10.6 Å². The van der Waals surface area contributed by atoms with Gasteiger partial charge in [0.1, 0.15) is 0 Å². The van der Waals surface area contributed by atoms with E-state index in [4.69, 9.17) is 5.73 Å². The zero-order valence-corrected chi connectivity index (χ0v) is 11.1. The van der Waals surface area contributed by atoms with Crippen LogP contribution in [0.5, 0.6) is 0 Å². The standard InChI is InChI=1S/C15H22N2O/c1-17(11-13-3-2-4-13)15(18)14-7-5-12(6-8-14)9-10-16/h5-8,13H,2-4,9-11,16H2,1H3. The first kappa shape index (κ1) is 13.1. The third-order valence-electron chi connectivity index (χ3n) is 3.74. The Morgan fingerprint density at radius 2 is 2.00 bits per heavy atom. The van der Waals surface area contributed by atoms with E-state index >= 15 is 0 Å². The number of benzene rings is 1. The Morgan fingerprint density at radius 3 is 2.50 bits per heavy atom. The minimum atomic E-state index is 0.126. The Labute approximate surface area is 109 Å². The summed E-state index contributed by atoms with van der Waals surface area (Å²) in [5.74, 6) is 0.844. The van der Waals surface area contributed by atoms with Crippen molar-refractivity contribution >= 4 is 5.91 Å². The summed E-state index contributed by atoms with van der Waals surface area (Å²) in [6.45, 7) is 1.54. The second kappa shape index (κ2) is 6.01. The fraction of sp³-hybridized carbons (Fsp3) is 0.533. The van der Waals surface area contributed by atoms with Gasteiger partial charge in [0, 0.05) is 19.2 Å². The molecule has 1 aliphatic rings. The molecule has 2 N–H and O–H groups in total. The van der Waals surface area contributed by atoms with Crippen molar-refractivity contribution in [2.24, 2.45) is 11.7 Å². The van der Waals surface area contributed by atoms with Crippen molar-refractivity contribution in [3.8, 4) is 0 Å². The van der Waals surface area contributed by atoms with Crippen molar-refractivity contribution in [2.45, 2.75) is 25.7 Å². The number of nitrogens with zero attached hydrogens (tertiary/aromatic N) is 1. The Morgan fingerprint density at radius 1 is 1.33 bits per heavy atom. The van der Waals surface area contributed by atoms with Crippen LogP contribution in [-0.2, 0) is 6.42 Å². The maximum atomic E-state index is 12.2. The van der Waals surface area contributed by atoms with Gasteiger partial charge >= 0.3 is 0 Å². The van der Waals surface area contributed by atoms with E-state index in [1.165, 1.54) is 24.8 Å². The number of carbonyl (C=O) groups excluding carboxylic acids is 1. The van der Waals surface area contributed by atoms with Crippen LogP contribution in [0.2, 0.25) is 0 Å². The summed E-state index contributed by atoms with van der Waals surface area (Å²) in [7, 11) is 1.90. The van der Waals surface area contributed by atoms with Gasteiger partial charge in [-0.05, 0) is 49.4 Å². The zero-order valence-electron chi connectivity index (χ0n) is 11.1. The van der Waals surface area contributed by atoms with Crippen molar-refractivity contribution < 1.29 is 4.79 Å². The minimum absolute atomic E-state index is 0.126. The second-order valence-electron chi connectivity index (χ2n) is 5.22. The second-order valence-corrected chi connectivity index (χ2v) is 5.22. The highest BCUT2D eigenvalue weighted by Crippen LogP contribution is 2.27. The lowest BCUT2D eigenvalue weighted by Crippen LogP contribution is -2.34. The molecule has 2 rings (SSSR count). The molecule has 0 aromatic heterocycles. The van der Waals surface area contributed by atoms with Crippen molar-refractivity contribution in [1.82, 2.24) is 4.90 Å². The van der Waals surface area contributed by atoms with Crippen molar-refractivity contribution in [1.29, 1.82) is 0 Å². The lowest BCUT2D eigenvalue weighted by molar-refractivity contribution is 0.0745. The van der Waals surface area contributed by atoms with Crippen LogP contribution in [0.25, 0.3) is 0 Å². The fourth-order valence-corrected chi connectivity index (χ4v) is 2.35. The van der Waals surface area contributed by atoms with E-state index in [0.29, 0.717) is 6.54 Å². The van der Waals surface area contributed by atoms with Gasteiger partial charge in [-0.1, -0.05) is 18.6 Å². The molecule has 18 heavy (non-hydrogen) atoms. The smallest absolute Gasteiger partial charge is 0.253 e. The monoisotopic (exact) mass is 246 g/mol. The van der Waals surface area contributed by atoms with Crippen LogP contribution in [0.1, 0.15) is 35.2 Å². The number of rotatable bonds is 5. The van der Waals surface area contributed by atoms with E-state index in [1.807, 2.05) is 36.2 Å². The summed E-state index contributed by atoms with van der Waals surface area (Å²) in [6.07, 6.45) is 4.73. The highest BCUT2D eigenvalue weighted by atomic mass is 16.2. The molecule has 98 valence electrons. The summed E-state index contributed by atoms with van der Waals surface area (Å²) in [4.78, 5) is 14.0. The van der Waals surface area contributed by atoms with Gasteiger partial charge in [-0.25, -0.2) is 0 Å². The number of amides is 1. The lowest BCUT2D eigenvalue weighted by atomic mass is 9.85. The lowest BCUT2D eigenvalue weighted by Gasteiger charge is -2.30. The average Bonchev–Trinajstić information content (AvgIpc) is 2.34. The molecule has 0 heterocycles. The maximum absolute atomic E-state index is 12.2. The van der Waals surface area contributed by atoms with E-state index in [9.17, 15) is 4.79 Å². The first-order valence-electron chi connectivity index (χ1n) is 6.75. The van der Waals surface area contributed by atoms with Crippen LogP contribution in [0.15, 0.2) is 24.3 Å². The first-order chi connectivity index (χ1) is 8.70. The molecular formula is C15H22N2O. The molecule has 1 aromatic rings. The van der Waals surface area contributed by atoms with E-state index in [-0.39, 0.29) is 5.91 Å². The van der Waals surface area contributed by atoms with Crippen LogP contribution in [0, 0.1) is 5.92 Å². The van der Waals surface area contributed by atoms with Crippen LogP contribution >= 0.6 is 0 Å². The molecule has 3 heteroatoms. The van der Waals surface area contributed by atoms with E-state index in [0.717, 1.165) is 24.4 Å². The molecule has 0 atom stereocenters. The summed E-state index contributed by atoms with van der Waals surface area (Å²) >= 11 is 0. The van der Waals surface area contributed by atoms with Gasteiger partial charge in [-0.2, -0.15) is 0 Å². The average molecular weight is 246 g/mol. The van der Waals surface area contributed by atoms with Gasteiger partial charge in [0.25, 0.3) is 5.91 Å². The highest BCUT2D eigenvalue weighted by molar-refractivity contribution is 5.94. The number of hydrogen-bond acceptors (Lipinski definition) is 2. The van der Waals surface area contributed by atoms with Gasteiger partial charge in [0.05, 0.1) is 0 Å². The van der Waals surface area contributed by atoms with Crippen LogP contribution in [0.3, 0.4) is 0 Å². The summed E-state index contributed by atoms with van der Waals surface area (Å²) in [5.41, 5.74) is 7.47. The maximum Gasteiger partial charge on any atom is 0.253 e. The van der Waals surface area contributed by atoms with Crippen LogP contribution in [-0.4, -0.2) is 30.9 Å². The Bertz CT molecular complexity index is 395. The molecule has 1 fully saturated rings. The van der Waals surface area contributed by atoms with Gasteiger partial charge in [0.2, 0.25) is 0 Å². The first-order valence-corrected chi connectivity index (χ1v) is 6.75. The normalized spacial score (nSPS) is 15.2. The van der Waals surface area contributed by atoms with Gasteiger partial charge in [-0.3, -0.25) is 4.79 Å².